The van der Waals surface area contributed by atoms with Crippen LogP contribution < -0.4 is 5.32 Å². The van der Waals surface area contributed by atoms with E-state index in [0.717, 1.165) is 16.7 Å². The molecule has 0 saturated heterocycles. The second kappa shape index (κ2) is 8.03. The van der Waals surface area contributed by atoms with Gasteiger partial charge in [0.25, 0.3) is 0 Å². The lowest BCUT2D eigenvalue weighted by molar-refractivity contribution is -0.113. The van der Waals surface area contributed by atoms with Crippen LogP contribution in [-0.2, 0) is 4.79 Å². The van der Waals surface area contributed by atoms with Gasteiger partial charge in [-0.2, -0.15) is 0 Å². The number of aryl methyl sites for hydroxylation is 1. The number of hydrogen-bond acceptors (Lipinski definition) is 4. The Labute approximate surface area is 151 Å². The average Bonchev–Trinajstić information content (AvgIpc) is 2.96. The van der Waals surface area contributed by atoms with Crippen molar-refractivity contribution in [2.75, 3.05) is 11.1 Å². The van der Waals surface area contributed by atoms with E-state index in [4.69, 9.17) is 11.6 Å². The van der Waals surface area contributed by atoms with Crippen molar-refractivity contribution in [3.05, 3.63) is 35.1 Å². The highest BCUT2D eigenvalue weighted by Gasteiger charge is 2.21. The number of anilines is 1. The van der Waals surface area contributed by atoms with Crippen LogP contribution in [0.2, 0.25) is 5.02 Å². The zero-order chi connectivity index (χ0) is 16.9. The summed E-state index contributed by atoms with van der Waals surface area (Å²) in [7, 11) is 0. The summed E-state index contributed by atoms with van der Waals surface area (Å²) in [6.07, 6.45) is 6.16. The highest BCUT2D eigenvalue weighted by molar-refractivity contribution is 7.99. The van der Waals surface area contributed by atoms with E-state index in [1.807, 2.05) is 6.92 Å². The summed E-state index contributed by atoms with van der Waals surface area (Å²) >= 11 is 7.29. The van der Waals surface area contributed by atoms with Gasteiger partial charge in [-0.3, -0.25) is 4.79 Å². The van der Waals surface area contributed by atoms with Gasteiger partial charge in [0.1, 0.15) is 5.82 Å². The minimum absolute atomic E-state index is 0.0573. The highest BCUT2D eigenvalue weighted by Crippen LogP contribution is 2.32. The fraction of sp³-hybridized carbons (Fsp3) is 0.471. The molecule has 1 amide bonds. The molecule has 7 heteroatoms. The van der Waals surface area contributed by atoms with E-state index in [1.165, 1.54) is 43.9 Å². The molecular formula is C17H21ClN4OS. The van der Waals surface area contributed by atoms with Crippen molar-refractivity contribution in [2.24, 2.45) is 0 Å². The molecule has 1 aliphatic rings. The topological polar surface area (TPSA) is 59.8 Å². The van der Waals surface area contributed by atoms with Crippen molar-refractivity contribution in [3.63, 3.8) is 0 Å². The molecule has 1 heterocycles. The number of aromatic nitrogens is 3. The average molecular weight is 365 g/mol. The van der Waals surface area contributed by atoms with Gasteiger partial charge in [0, 0.05) is 16.8 Å². The molecule has 5 nitrogen and oxygen atoms in total. The fourth-order valence-electron chi connectivity index (χ4n) is 3.07. The molecule has 128 valence electrons. The van der Waals surface area contributed by atoms with E-state index in [9.17, 15) is 4.79 Å². The van der Waals surface area contributed by atoms with E-state index >= 15 is 0 Å². The molecule has 0 radical (unpaired) electrons. The molecule has 0 spiro atoms. The van der Waals surface area contributed by atoms with E-state index < -0.39 is 0 Å². The molecule has 0 aliphatic heterocycles. The summed E-state index contributed by atoms with van der Waals surface area (Å²) in [6.45, 7) is 1.99. The number of amides is 1. The minimum atomic E-state index is -0.0573. The molecule has 1 fully saturated rings. The number of nitrogens with zero attached hydrogens (tertiary/aromatic N) is 3. The van der Waals surface area contributed by atoms with Crippen LogP contribution in [-0.4, -0.2) is 26.4 Å². The van der Waals surface area contributed by atoms with Gasteiger partial charge in [0.05, 0.1) is 5.75 Å². The monoisotopic (exact) mass is 364 g/mol. The van der Waals surface area contributed by atoms with Crippen LogP contribution in [0.15, 0.2) is 29.4 Å². The number of benzene rings is 1. The Balaban J connectivity index is 1.60. The Morgan fingerprint density at radius 2 is 1.96 bits per heavy atom. The summed E-state index contributed by atoms with van der Waals surface area (Å²) in [6, 6.07) is 7.57. The third-order valence-electron chi connectivity index (χ3n) is 4.24. The summed E-state index contributed by atoms with van der Waals surface area (Å²) in [4.78, 5) is 12.1. The number of thioether (sulfide) groups is 1. The molecule has 3 rings (SSSR count). The zero-order valence-corrected chi connectivity index (χ0v) is 15.2. The number of nitrogens with one attached hydrogen (secondary N) is 1. The molecule has 1 aromatic heterocycles. The van der Waals surface area contributed by atoms with Gasteiger partial charge >= 0.3 is 0 Å². The maximum atomic E-state index is 12.1. The predicted octanol–water partition coefficient (Wildman–Crippen LogP) is 4.48. The maximum Gasteiger partial charge on any atom is 0.234 e. The van der Waals surface area contributed by atoms with E-state index in [2.05, 4.69) is 20.1 Å². The Kier molecular flexibility index (Phi) is 5.79. The Bertz CT molecular complexity index is 695. The molecule has 1 saturated carbocycles. The summed E-state index contributed by atoms with van der Waals surface area (Å²) < 4.78 is 2.21. The molecule has 24 heavy (non-hydrogen) atoms. The van der Waals surface area contributed by atoms with E-state index in [1.54, 1.807) is 24.3 Å². The largest absolute Gasteiger partial charge is 0.325 e. The quantitative estimate of drug-likeness (QED) is 0.795. The molecule has 1 aromatic carbocycles. The minimum Gasteiger partial charge on any atom is -0.325 e. The van der Waals surface area contributed by atoms with Crippen LogP contribution in [0, 0.1) is 6.92 Å². The first-order valence-electron chi connectivity index (χ1n) is 8.23. The van der Waals surface area contributed by atoms with Crippen LogP contribution in [0.5, 0.6) is 0 Å². The van der Waals surface area contributed by atoms with Crippen molar-refractivity contribution < 1.29 is 4.79 Å². The van der Waals surface area contributed by atoms with Crippen molar-refractivity contribution in [2.45, 2.75) is 50.2 Å². The van der Waals surface area contributed by atoms with Crippen LogP contribution in [0.3, 0.4) is 0 Å². The summed E-state index contributed by atoms with van der Waals surface area (Å²) in [5.41, 5.74) is 0.745. The number of carbonyl (C=O) groups excluding carboxylic acids is 1. The lowest BCUT2D eigenvalue weighted by atomic mass is 9.95. The summed E-state index contributed by atoms with van der Waals surface area (Å²) in [5.74, 6) is 1.19. The SMILES string of the molecule is Cc1nnc(SCC(=O)Nc2ccc(Cl)cc2)n1C1CCCCC1. The molecule has 1 N–H and O–H groups in total. The van der Waals surface area contributed by atoms with Gasteiger partial charge in [0.2, 0.25) is 5.91 Å². The second-order valence-corrected chi connectivity index (χ2v) is 7.41. The van der Waals surface area contributed by atoms with Crippen LogP contribution in [0.25, 0.3) is 0 Å². The van der Waals surface area contributed by atoms with Crippen molar-refractivity contribution in [1.82, 2.24) is 14.8 Å². The molecule has 0 unspecified atom stereocenters. The van der Waals surface area contributed by atoms with Gasteiger partial charge in [0.15, 0.2) is 5.16 Å². The first-order valence-corrected chi connectivity index (χ1v) is 9.59. The first kappa shape index (κ1) is 17.3. The van der Waals surface area contributed by atoms with Gasteiger partial charge in [-0.15, -0.1) is 10.2 Å². The fourth-order valence-corrected chi connectivity index (χ4v) is 4.05. The van der Waals surface area contributed by atoms with E-state index in [0.29, 0.717) is 16.8 Å². The standard InChI is InChI=1S/C17H21ClN4OS/c1-12-20-21-17(22(12)15-5-3-2-4-6-15)24-11-16(23)19-14-9-7-13(18)8-10-14/h7-10,15H,2-6,11H2,1H3,(H,19,23). The normalized spacial score (nSPS) is 15.4. The number of carbonyl (C=O) groups is 1. The smallest absolute Gasteiger partial charge is 0.234 e. The lowest BCUT2D eigenvalue weighted by Crippen LogP contribution is -2.17. The Morgan fingerprint density at radius 1 is 1.25 bits per heavy atom. The van der Waals surface area contributed by atoms with Crippen LogP contribution in [0.1, 0.15) is 44.0 Å². The Hall–Kier alpha value is -1.53. The van der Waals surface area contributed by atoms with Gasteiger partial charge in [-0.25, -0.2) is 0 Å². The Morgan fingerprint density at radius 3 is 2.67 bits per heavy atom. The van der Waals surface area contributed by atoms with Gasteiger partial charge in [-0.05, 0) is 44.0 Å². The van der Waals surface area contributed by atoms with Crippen molar-refractivity contribution in [3.8, 4) is 0 Å². The zero-order valence-electron chi connectivity index (χ0n) is 13.7. The summed E-state index contributed by atoms with van der Waals surface area (Å²) in [5, 5.41) is 12.8. The lowest BCUT2D eigenvalue weighted by Gasteiger charge is -2.24. The molecule has 0 bridgehead atoms. The molecular weight excluding hydrogens is 344 g/mol. The van der Waals surface area contributed by atoms with Gasteiger partial charge in [-0.1, -0.05) is 42.6 Å². The third kappa shape index (κ3) is 4.30. The number of hydrogen-bond donors (Lipinski definition) is 1. The highest BCUT2D eigenvalue weighted by atomic mass is 35.5. The molecule has 2 aromatic rings. The predicted molar refractivity (Wildman–Crippen MR) is 97.7 cm³/mol. The van der Waals surface area contributed by atoms with Crippen molar-refractivity contribution in [1.29, 1.82) is 0 Å². The number of rotatable bonds is 5. The molecule has 1 aliphatic carbocycles. The van der Waals surface area contributed by atoms with Crippen molar-refractivity contribution >= 4 is 35.0 Å². The van der Waals surface area contributed by atoms with Crippen LogP contribution >= 0.6 is 23.4 Å². The van der Waals surface area contributed by atoms with Gasteiger partial charge < -0.3 is 9.88 Å². The third-order valence-corrected chi connectivity index (χ3v) is 5.43. The second-order valence-electron chi connectivity index (χ2n) is 6.04. The number of halogens is 1. The van der Waals surface area contributed by atoms with E-state index in [-0.39, 0.29) is 5.91 Å². The first-order chi connectivity index (χ1) is 11.6. The van der Waals surface area contributed by atoms with Crippen LogP contribution in [0.4, 0.5) is 5.69 Å². The molecule has 0 atom stereocenters. The maximum absolute atomic E-state index is 12.1.